The minimum atomic E-state index is -0.205. The standard InChI is InChI=1S/C13H17BrFN3/c1-16-13(17-2)18-10-5-9(6-10)8-3-4-12(15)11(14)7-8/h3-4,7,9-10H,5-6H2,1-2H3,(H2,16,17,18). The second-order valence-corrected chi connectivity index (χ2v) is 5.36. The molecule has 0 saturated heterocycles. The Bertz CT molecular complexity index is 456. The molecule has 0 atom stereocenters. The highest BCUT2D eigenvalue weighted by Gasteiger charge is 2.31. The molecular weight excluding hydrogens is 297 g/mol. The van der Waals surface area contributed by atoms with E-state index in [2.05, 4.69) is 31.6 Å². The van der Waals surface area contributed by atoms with E-state index in [1.165, 1.54) is 11.6 Å². The minimum Gasteiger partial charge on any atom is -0.359 e. The van der Waals surface area contributed by atoms with Gasteiger partial charge in [0.05, 0.1) is 4.47 Å². The van der Waals surface area contributed by atoms with Gasteiger partial charge in [0.15, 0.2) is 5.96 Å². The predicted molar refractivity (Wildman–Crippen MR) is 75.4 cm³/mol. The molecule has 0 aliphatic heterocycles. The molecule has 2 rings (SSSR count). The SMILES string of the molecule is CN=C(NC)NC1CC(c2ccc(F)c(Br)c2)C1. The normalized spacial score (nSPS) is 23.4. The molecule has 1 aromatic rings. The van der Waals surface area contributed by atoms with Gasteiger partial charge in [-0.3, -0.25) is 4.99 Å². The van der Waals surface area contributed by atoms with Gasteiger partial charge < -0.3 is 10.6 Å². The summed E-state index contributed by atoms with van der Waals surface area (Å²) >= 11 is 3.23. The molecule has 1 saturated carbocycles. The molecule has 3 nitrogen and oxygen atoms in total. The van der Waals surface area contributed by atoms with Crippen LogP contribution in [0.2, 0.25) is 0 Å². The first-order valence-corrected chi connectivity index (χ1v) is 6.79. The number of nitrogens with one attached hydrogen (secondary N) is 2. The molecule has 1 fully saturated rings. The van der Waals surface area contributed by atoms with Crippen LogP contribution < -0.4 is 10.6 Å². The molecule has 0 spiro atoms. The summed E-state index contributed by atoms with van der Waals surface area (Å²) in [6, 6.07) is 5.72. The molecule has 0 unspecified atom stereocenters. The second kappa shape index (κ2) is 5.69. The zero-order chi connectivity index (χ0) is 13.1. The van der Waals surface area contributed by atoms with E-state index in [1.54, 1.807) is 7.05 Å². The Morgan fingerprint density at radius 1 is 1.44 bits per heavy atom. The third kappa shape index (κ3) is 2.83. The van der Waals surface area contributed by atoms with E-state index in [-0.39, 0.29) is 5.82 Å². The van der Waals surface area contributed by atoms with E-state index >= 15 is 0 Å². The van der Waals surface area contributed by atoms with Gasteiger partial charge in [0.25, 0.3) is 0 Å². The monoisotopic (exact) mass is 313 g/mol. The molecule has 98 valence electrons. The first kappa shape index (κ1) is 13.3. The highest BCUT2D eigenvalue weighted by Crippen LogP contribution is 2.38. The largest absolute Gasteiger partial charge is 0.359 e. The van der Waals surface area contributed by atoms with Gasteiger partial charge in [0, 0.05) is 20.1 Å². The van der Waals surface area contributed by atoms with E-state index < -0.39 is 0 Å². The van der Waals surface area contributed by atoms with Crippen molar-refractivity contribution in [3.8, 4) is 0 Å². The van der Waals surface area contributed by atoms with Crippen LogP contribution in [0.25, 0.3) is 0 Å². The van der Waals surface area contributed by atoms with Gasteiger partial charge in [-0.1, -0.05) is 6.07 Å². The summed E-state index contributed by atoms with van der Waals surface area (Å²) in [6.07, 6.45) is 2.11. The molecule has 0 aromatic heterocycles. The fourth-order valence-electron chi connectivity index (χ4n) is 2.22. The van der Waals surface area contributed by atoms with Crippen LogP contribution >= 0.6 is 15.9 Å². The summed E-state index contributed by atoms with van der Waals surface area (Å²) in [5, 5.41) is 6.34. The second-order valence-electron chi connectivity index (χ2n) is 4.51. The Labute approximate surface area is 115 Å². The highest BCUT2D eigenvalue weighted by atomic mass is 79.9. The number of guanidine groups is 1. The van der Waals surface area contributed by atoms with E-state index in [4.69, 9.17) is 0 Å². The van der Waals surface area contributed by atoms with Crippen molar-refractivity contribution in [1.29, 1.82) is 0 Å². The van der Waals surface area contributed by atoms with Gasteiger partial charge in [-0.15, -0.1) is 0 Å². The lowest BCUT2D eigenvalue weighted by Gasteiger charge is -2.37. The van der Waals surface area contributed by atoms with E-state index in [1.807, 2.05) is 19.2 Å². The molecule has 0 amide bonds. The zero-order valence-corrected chi connectivity index (χ0v) is 12.1. The lowest BCUT2D eigenvalue weighted by molar-refractivity contribution is 0.322. The Balaban J connectivity index is 1.90. The van der Waals surface area contributed by atoms with Crippen molar-refractivity contribution in [2.45, 2.75) is 24.8 Å². The maximum atomic E-state index is 13.1. The van der Waals surface area contributed by atoms with Crippen LogP contribution in [-0.4, -0.2) is 26.1 Å². The molecule has 5 heteroatoms. The minimum absolute atomic E-state index is 0.205. The van der Waals surface area contributed by atoms with Crippen molar-refractivity contribution in [2.75, 3.05) is 14.1 Å². The van der Waals surface area contributed by atoms with Crippen molar-refractivity contribution in [3.63, 3.8) is 0 Å². The number of rotatable bonds is 2. The summed E-state index contributed by atoms with van der Waals surface area (Å²) in [4.78, 5) is 4.09. The smallest absolute Gasteiger partial charge is 0.190 e. The first-order valence-electron chi connectivity index (χ1n) is 6.00. The van der Waals surface area contributed by atoms with Crippen molar-refractivity contribution in [3.05, 3.63) is 34.1 Å². The fourth-order valence-corrected chi connectivity index (χ4v) is 2.61. The Kier molecular flexibility index (Phi) is 4.22. The average Bonchev–Trinajstić information content (AvgIpc) is 2.32. The summed E-state index contributed by atoms with van der Waals surface area (Å²) < 4.78 is 13.7. The lowest BCUT2D eigenvalue weighted by Crippen LogP contribution is -2.47. The van der Waals surface area contributed by atoms with Crippen LogP contribution in [0.5, 0.6) is 0 Å². The van der Waals surface area contributed by atoms with Gasteiger partial charge in [0.1, 0.15) is 5.82 Å². The molecule has 0 heterocycles. The van der Waals surface area contributed by atoms with E-state index in [0.717, 1.165) is 18.8 Å². The molecule has 1 aliphatic carbocycles. The van der Waals surface area contributed by atoms with Crippen LogP contribution in [0.1, 0.15) is 24.3 Å². The topological polar surface area (TPSA) is 36.4 Å². The molecule has 2 N–H and O–H groups in total. The summed E-state index contributed by atoms with van der Waals surface area (Å²) in [6.45, 7) is 0. The lowest BCUT2D eigenvalue weighted by atomic mass is 9.76. The van der Waals surface area contributed by atoms with Crippen LogP contribution in [0.4, 0.5) is 4.39 Å². The summed E-state index contributed by atoms with van der Waals surface area (Å²) in [5.41, 5.74) is 1.20. The van der Waals surface area contributed by atoms with Crippen molar-refractivity contribution >= 4 is 21.9 Å². The Morgan fingerprint density at radius 2 is 2.17 bits per heavy atom. The van der Waals surface area contributed by atoms with Gasteiger partial charge in [-0.2, -0.15) is 0 Å². The van der Waals surface area contributed by atoms with Gasteiger partial charge >= 0.3 is 0 Å². The Hall–Kier alpha value is -1.10. The summed E-state index contributed by atoms with van der Waals surface area (Å²) in [7, 11) is 3.61. The molecule has 1 aliphatic rings. The fraction of sp³-hybridized carbons (Fsp3) is 0.462. The van der Waals surface area contributed by atoms with Crippen molar-refractivity contribution in [2.24, 2.45) is 4.99 Å². The number of nitrogens with zero attached hydrogens (tertiary/aromatic N) is 1. The van der Waals surface area contributed by atoms with Gasteiger partial charge in [-0.05, 0) is 52.4 Å². The molecule has 1 aromatic carbocycles. The molecule has 0 radical (unpaired) electrons. The third-order valence-electron chi connectivity index (χ3n) is 3.35. The van der Waals surface area contributed by atoms with Crippen LogP contribution in [0, 0.1) is 5.82 Å². The van der Waals surface area contributed by atoms with Gasteiger partial charge in [0.2, 0.25) is 0 Å². The summed E-state index contributed by atoms with van der Waals surface area (Å²) in [5.74, 6) is 1.12. The zero-order valence-electron chi connectivity index (χ0n) is 10.5. The third-order valence-corrected chi connectivity index (χ3v) is 3.96. The Morgan fingerprint density at radius 3 is 2.72 bits per heavy atom. The maximum Gasteiger partial charge on any atom is 0.190 e. The quantitative estimate of drug-likeness (QED) is 0.650. The molecule has 18 heavy (non-hydrogen) atoms. The highest BCUT2D eigenvalue weighted by molar-refractivity contribution is 9.10. The average molecular weight is 314 g/mol. The molecular formula is C13H17BrFN3. The number of benzene rings is 1. The van der Waals surface area contributed by atoms with Gasteiger partial charge in [-0.25, -0.2) is 4.39 Å². The number of halogens is 2. The van der Waals surface area contributed by atoms with Crippen LogP contribution in [-0.2, 0) is 0 Å². The van der Waals surface area contributed by atoms with Crippen LogP contribution in [0.15, 0.2) is 27.7 Å². The predicted octanol–water partition coefficient (Wildman–Crippen LogP) is 2.63. The van der Waals surface area contributed by atoms with E-state index in [9.17, 15) is 4.39 Å². The van der Waals surface area contributed by atoms with Crippen molar-refractivity contribution < 1.29 is 4.39 Å². The maximum absolute atomic E-state index is 13.1. The molecule has 0 bridgehead atoms. The number of hydrogen-bond acceptors (Lipinski definition) is 1. The van der Waals surface area contributed by atoms with Crippen molar-refractivity contribution in [1.82, 2.24) is 10.6 Å². The van der Waals surface area contributed by atoms with Crippen LogP contribution in [0.3, 0.4) is 0 Å². The number of aliphatic imine (C=N–C) groups is 1. The first-order chi connectivity index (χ1) is 8.63. The van der Waals surface area contributed by atoms with E-state index in [0.29, 0.717) is 16.4 Å². The number of hydrogen-bond donors (Lipinski definition) is 2.